The van der Waals surface area contributed by atoms with Gasteiger partial charge in [-0.15, -0.1) is 11.3 Å². The number of hydrogen-bond acceptors (Lipinski definition) is 3. The molecule has 0 spiro atoms. The number of Topliss-reactive ketones (excluding diaryl/α,β-unsaturated/α-hetero) is 1. The minimum Gasteiger partial charge on any atom is -0.293 e. The fraction of sp³-hybridized carbons (Fsp3) is 0.0909. The zero-order chi connectivity index (χ0) is 9.97. The zero-order valence-corrected chi connectivity index (χ0v) is 8.54. The Kier molecular flexibility index (Phi) is 2.41. The van der Waals surface area contributed by atoms with Crippen LogP contribution in [-0.2, 0) is 0 Å². The van der Waals surface area contributed by atoms with Crippen LogP contribution in [0.2, 0.25) is 0 Å². The van der Waals surface area contributed by atoms with E-state index >= 15 is 0 Å². The Balaban J connectivity index is 2.52. The van der Waals surface area contributed by atoms with E-state index in [-0.39, 0.29) is 5.78 Å². The van der Waals surface area contributed by atoms with E-state index in [1.807, 2.05) is 30.3 Å². The molecule has 0 atom stereocenters. The van der Waals surface area contributed by atoms with E-state index < -0.39 is 0 Å². The lowest BCUT2D eigenvalue weighted by molar-refractivity contribution is 0.101. The first-order chi connectivity index (χ1) is 6.79. The molecular weight excluding hydrogens is 194 g/mol. The minimum absolute atomic E-state index is 0.0186. The molecule has 0 fully saturated rings. The van der Waals surface area contributed by atoms with Crippen molar-refractivity contribution in [3.63, 3.8) is 0 Å². The van der Waals surface area contributed by atoms with E-state index in [4.69, 9.17) is 0 Å². The topological polar surface area (TPSA) is 30.0 Å². The highest BCUT2D eigenvalue weighted by Crippen LogP contribution is 2.27. The van der Waals surface area contributed by atoms with Gasteiger partial charge < -0.3 is 0 Å². The third kappa shape index (κ3) is 1.59. The van der Waals surface area contributed by atoms with Crippen molar-refractivity contribution < 1.29 is 4.79 Å². The fourth-order valence-electron chi connectivity index (χ4n) is 1.29. The molecule has 0 radical (unpaired) electrons. The van der Waals surface area contributed by atoms with Crippen LogP contribution in [0.4, 0.5) is 0 Å². The highest BCUT2D eigenvalue weighted by atomic mass is 32.1. The van der Waals surface area contributed by atoms with Gasteiger partial charge in [-0.2, -0.15) is 0 Å². The molecule has 2 nitrogen and oxygen atoms in total. The summed E-state index contributed by atoms with van der Waals surface area (Å²) in [5.41, 5.74) is 3.33. The van der Waals surface area contributed by atoms with Gasteiger partial charge in [0.05, 0.1) is 10.4 Å². The van der Waals surface area contributed by atoms with Crippen LogP contribution >= 0.6 is 11.3 Å². The Morgan fingerprint density at radius 2 is 2.00 bits per heavy atom. The van der Waals surface area contributed by atoms with Crippen molar-refractivity contribution in [2.75, 3.05) is 0 Å². The number of carbonyl (C=O) groups excluding carboxylic acids is 1. The van der Waals surface area contributed by atoms with Gasteiger partial charge >= 0.3 is 0 Å². The van der Waals surface area contributed by atoms with Gasteiger partial charge in [-0.05, 0) is 5.56 Å². The van der Waals surface area contributed by atoms with Crippen molar-refractivity contribution in [2.24, 2.45) is 0 Å². The molecule has 0 N–H and O–H groups in total. The third-order valence-corrected chi connectivity index (χ3v) is 2.81. The van der Waals surface area contributed by atoms with E-state index in [1.165, 1.54) is 11.3 Å². The number of carbonyl (C=O) groups is 1. The summed E-state index contributed by atoms with van der Waals surface area (Å²) in [4.78, 5) is 16.3. The van der Waals surface area contributed by atoms with Gasteiger partial charge in [0.15, 0.2) is 5.78 Å². The van der Waals surface area contributed by atoms with Crippen LogP contribution in [0.15, 0.2) is 35.8 Å². The molecule has 0 aliphatic carbocycles. The van der Waals surface area contributed by atoms with Crippen molar-refractivity contribution in [2.45, 2.75) is 6.92 Å². The molecule has 0 bridgehead atoms. The molecule has 3 heteroatoms. The summed E-state index contributed by atoms with van der Waals surface area (Å²) in [6, 6.07) is 9.84. The van der Waals surface area contributed by atoms with Crippen LogP contribution in [0, 0.1) is 0 Å². The van der Waals surface area contributed by atoms with Crippen LogP contribution in [0.1, 0.15) is 17.4 Å². The largest absolute Gasteiger partial charge is 0.293 e. The van der Waals surface area contributed by atoms with Crippen molar-refractivity contribution in [1.82, 2.24) is 4.98 Å². The van der Waals surface area contributed by atoms with Gasteiger partial charge in [0.1, 0.15) is 5.69 Å². The molecule has 0 saturated carbocycles. The number of rotatable bonds is 2. The Morgan fingerprint density at radius 1 is 1.29 bits per heavy atom. The Labute approximate surface area is 86.2 Å². The number of thiazole rings is 1. The Hall–Kier alpha value is -1.48. The first-order valence-corrected chi connectivity index (χ1v) is 5.17. The summed E-state index contributed by atoms with van der Waals surface area (Å²) < 4.78 is 0. The average molecular weight is 203 g/mol. The van der Waals surface area contributed by atoms with Crippen molar-refractivity contribution in [3.05, 3.63) is 41.5 Å². The molecule has 14 heavy (non-hydrogen) atoms. The van der Waals surface area contributed by atoms with E-state index in [0.29, 0.717) is 5.69 Å². The van der Waals surface area contributed by atoms with E-state index in [0.717, 1.165) is 10.4 Å². The maximum Gasteiger partial charge on any atom is 0.179 e. The molecule has 2 rings (SSSR count). The number of benzene rings is 1. The second-order valence-corrected chi connectivity index (χ2v) is 3.81. The van der Waals surface area contributed by atoms with Crippen LogP contribution < -0.4 is 0 Å². The Bertz CT molecular complexity index is 447. The van der Waals surface area contributed by atoms with Crippen molar-refractivity contribution in [1.29, 1.82) is 0 Å². The second kappa shape index (κ2) is 3.72. The minimum atomic E-state index is 0.0186. The molecule has 0 aliphatic rings. The predicted octanol–water partition coefficient (Wildman–Crippen LogP) is 3.01. The third-order valence-electron chi connectivity index (χ3n) is 1.94. The highest BCUT2D eigenvalue weighted by molar-refractivity contribution is 7.13. The quantitative estimate of drug-likeness (QED) is 0.702. The van der Waals surface area contributed by atoms with Crippen molar-refractivity contribution in [3.8, 4) is 10.4 Å². The van der Waals surface area contributed by atoms with Gasteiger partial charge in [-0.25, -0.2) is 4.98 Å². The van der Waals surface area contributed by atoms with E-state index in [1.54, 1.807) is 12.4 Å². The normalized spacial score (nSPS) is 10.1. The van der Waals surface area contributed by atoms with Crippen molar-refractivity contribution >= 4 is 17.1 Å². The number of ketones is 1. The maximum absolute atomic E-state index is 11.2. The summed E-state index contributed by atoms with van der Waals surface area (Å²) in [6.45, 7) is 1.54. The molecule has 70 valence electrons. The molecule has 0 unspecified atom stereocenters. The monoisotopic (exact) mass is 203 g/mol. The molecule has 2 aromatic rings. The maximum atomic E-state index is 11.2. The van der Waals surface area contributed by atoms with E-state index in [2.05, 4.69) is 4.98 Å². The molecule has 0 saturated heterocycles. The zero-order valence-electron chi connectivity index (χ0n) is 7.73. The molecule has 0 aliphatic heterocycles. The molecular formula is C11H9NOS. The lowest BCUT2D eigenvalue weighted by Gasteiger charge is -1.98. The van der Waals surface area contributed by atoms with E-state index in [9.17, 15) is 4.79 Å². The van der Waals surface area contributed by atoms with Gasteiger partial charge in [-0.1, -0.05) is 30.3 Å². The molecule has 1 aromatic heterocycles. The van der Waals surface area contributed by atoms with Crippen LogP contribution in [-0.4, -0.2) is 10.8 Å². The lowest BCUT2D eigenvalue weighted by Crippen LogP contribution is -1.93. The lowest BCUT2D eigenvalue weighted by atomic mass is 10.1. The predicted molar refractivity (Wildman–Crippen MR) is 57.6 cm³/mol. The summed E-state index contributed by atoms with van der Waals surface area (Å²) in [5.74, 6) is 0.0186. The van der Waals surface area contributed by atoms with Crippen LogP contribution in [0.3, 0.4) is 0 Å². The van der Waals surface area contributed by atoms with Gasteiger partial charge in [0, 0.05) is 6.92 Å². The first-order valence-electron chi connectivity index (χ1n) is 4.29. The summed E-state index contributed by atoms with van der Waals surface area (Å²) >= 11 is 1.50. The van der Waals surface area contributed by atoms with Gasteiger partial charge in [0.25, 0.3) is 0 Å². The number of aromatic nitrogens is 1. The van der Waals surface area contributed by atoms with Crippen LogP contribution in [0.25, 0.3) is 10.4 Å². The summed E-state index contributed by atoms with van der Waals surface area (Å²) in [6.07, 6.45) is 0. The molecule has 1 aromatic carbocycles. The first kappa shape index (κ1) is 9.09. The van der Waals surface area contributed by atoms with Gasteiger partial charge in [0.2, 0.25) is 0 Å². The molecule has 0 amide bonds. The number of nitrogens with zero attached hydrogens (tertiary/aromatic N) is 1. The summed E-state index contributed by atoms with van der Waals surface area (Å²) in [7, 11) is 0. The van der Waals surface area contributed by atoms with Crippen LogP contribution in [0.5, 0.6) is 0 Å². The smallest absolute Gasteiger partial charge is 0.179 e. The second-order valence-electron chi connectivity index (χ2n) is 2.95. The summed E-state index contributed by atoms with van der Waals surface area (Å²) in [5, 5.41) is 0. The fourth-order valence-corrected chi connectivity index (χ4v) is 2.14. The average Bonchev–Trinajstić information content (AvgIpc) is 2.67. The standard InChI is InChI=1S/C11H9NOS/c1-8(13)10-11(14-7-12-10)9-5-3-2-4-6-9/h2-7H,1H3. The Morgan fingerprint density at radius 3 is 2.64 bits per heavy atom. The van der Waals surface area contributed by atoms with Gasteiger partial charge in [-0.3, -0.25) is 4.79 Å². The number of hydrogen-bond donors (Lipinski definition) is 0. The molecule has 1 heterocycles. The SMILES string of the molecule is CC(=O)c1ncsc1-c1ccccc1. The highest BCUT2D eigenvalue weighted by Gasteiger charge is 2.11.